The minimum Gasteiger partial charge on any atom is -0.460 e. The van der Waals surface area contributed by atoms with E-state index in [1.807, 2.05) is 0 Å². The van der Waals surface area contributed by atoms with Gasteiger partial charge in [-0.3, -0.25) is 0 Å². The molecule has 0 fully saturated rings. The highest BCUT2D eigenvalue weighted by molar-refractivity contribution is 6.09. The topological polar surface area (TPSA) is 16.4 Å². The third kappa shape index (κ3) is 4.94. The van der Waals surface area contributed by atoms with E-state index in [-0.39, 0.29) is 11.8 Å². The zero-order valence-corrected chi connectivity index (χ0v) is 29.1. The molecular weight excluding hydrogens is 643 g/mol. The molecule has 1 aromatic heterocycles. The number of rotatable bonds is 6. The lowest BCUT2D eigenvalue weighted by Gasteiger charge is -2.31. The Bertz CT molecular complexity index is 2810. The van der Waals surface area contributed by atoms with Crippen molar-refractivity contribution in [3.05, 3.63) is 210 Å². The lowest BCUT2D eigenvalue weighted by molar-refractivity contribution is 0.496. The van der Waals surface area contributed by atoms with E-state index in [4.69, 9.17) is 4.42 Å². The van der Waals surface area contributed by atoms with Crippen LogP contribution in [0.2, 0.25) is 0 Å². The number of furan rings is 1. The van der Waals surface area contributed by atoms with Gasteiger partial charge in [-0.1, -0.05) is 152 Å². The number of nitrogens with zero attached hydrogens (tertiary/aromatic N) is 1. The normalized spacial score (nSPS) is 16.6. The van der Waals surface area contributed by atoms with Crippen molar-refractivity contribution in [1.82, 2.24) is 0 Å². The Kier molecular flexibility index (Phi) is 6.78. The van der Waals surface area contributed by atoms with Gasteiger partial charge in [0.05, 0.1) is 22.4 Å². The molecule has 7 aromatic carbocycles. The van der Waals surface area contributed by atoms with Gasteiger partial charge in [0.25, 0.3) is 0 Å². The molecule has 0 bridgehead atoms. The van der Waals surface area contributed by atoms with Crippen molar-refractivity contribution < 1.29 is 4.42 Å². The molecule has 2 heteroatoms. The van der Waals surface area contributed by atoms with Crippen LogP contribution in [-0.4, -0.2) is 0 Å². The summed E-state index contributed by atoms with van der Waals surface area (Å²) in [5.41, 5.74) is 15.9. The van der Waals surface area contributed by atoms with Crippen LogP contribution in [0.5, 0.6) is 0 Å². The van der Waals surface area contributed by atoms with Gasteiger partial charge in [-0.15, -0.1) is 0 Å². The number of anilines is 3. The van der Waals surface area contributed by atoms with E-state index < -0.39 is 0 Å². The molecule has 3 aliphatic carbocycles. The van der Waals surface area contributed by atoms with Crippen molar-refractivity contribution in [1.29, 1.82) is 0 Å². The van der Waals surface area contributed by atoms with Crippen LogP contribution in [0, 0.1) is 5.92 Å². The van der Waals surface area contributed by atoms with Gasteiger partial charge in [-0.25, -0.2) is 0 Å². The fourth-order valence-corrected chi connectivity index (χ4v) is 8.73. The molecule has 0 saturated carbocycles. The molecule has 2 nitrogen and oxygen atoms in total. The Hall–Kier alpha value is -6.64. The van der Waals surface area contributed by atoms with Crippen molar-refractivity contribution in [2.75, 3.05) is 4.90 Å². The van der Waals surface area contributed by atoms with E-state index in [0.717, 1.165) is 28.8 Å². The molecule has 1 heterocycles. The average molecular weight is 678 g/mol. The molecule has 0 amide bonds. The first-order chi connectivity index (χ1) is 26.3. The molecule has 0 aliphatic heterocycles. The average Bonchev–Trinajstić information content (AvgIpc) is 3.93. The fourth-order valence-electron chi connectivity index (χ4n) is 8.73. The first-order valence-corrected chi connectivity index (χ1v) is 18.6. The Morgan fingerprint density at radius 3 is 2.02 bits per heavy atom. The summed E-state index contributed by atoms with van der Waals surface area (Å²) in [6, 6.07) is 57.3. The maximum atomic E-state index is 6.97. The van der Waals surface area contributed by atoms with E-state index in [0.29, 0.717) is 0 Å². The molecule has 8 aromatic rings. The molecule has 2 atom stereocenters. The highest BCUT2D eigenvalue weighted by atomic mass is 16.3. The minimum atomic E-state index is 0.0980. The molecule has 0 N–H and O–H groups in total. The molecule has 2 unspecified atom stereocenters. The lowest BCUT2D eigenvalue weighted by atomic mass is 9.73. The van der Waals surface area contributed by atoms with Crippen molar-refractivity contribution in [3.63, 3.8) is 0 Å². The maximum Gasteiger partial charge on any atom is 0.137 e. The predicted molar refractivity (Wildman–Crippen MR) is 221 cm³/mol. The number of hydrogen-bond acceptors (Lipinski definition) is 2. The second kappa shape index (κ2) is 12.0. The van der Waals surface area contributed by atoms with Crippen LogP contribution in [0.3, 0.4) is 0 Å². The van der Waals surface area contributed by atoms with Crippen LogP contribution in [0.1, 0.15) is 33.9 Å². The largest absolute Gasteiger partial charge is 0.460 e. The predicted octanol–water partition coefficient (Wildman–Crippen LogP) is 13.7. The number of benzene rings is 7. The van der Waals surface area contributed by atoms with Crippen molar-refractivity contribution in [3.8, 4) is 22.3 Å². The molecular formula is C51H35NO. The Balaban J connectivity index is 1.17. The van der Waals surface area contributed by atoms with Crippen LogP contribution in [0.25, 0.3) is 55.6 Å². The van der Waals surface area contributed by atoms with Gasteiger partial charge < -0.3 is 9.32 Å². The highest BCUT2D eigenvalue weighted by Crippen LogP contribution is 2.54. The van der Waals surface area contributed by atoms with Crippen molar-refractivity contribution in [2.45, 2.75) is 12.3 Å². The summed E-state index contributed by atoms with van der Waals surface area (Å²) in [7, 11) is 0. The zero-order chi connectivity index (χ0) is 34.9. The first kappa shape index (κ1) is 30.0. The van der Waals surface area contributed by atoms with Crippen LogP contribution >= 0.6 is 0 Å². The van der Waals surface area contributed by atoms with Crippen LogP contribution in [-0.2, 0) is 6.42 Å². The summed E-state index contributed by atoms with van der Waals surface area (Å²) in [6.07, 6.45) is 12.4. The third-order valence-corrected chi connectivity index (χ3v) is 11.3. The Morgan fingerprint density at radius 1 is 0.509 bits per heavy atom. The van der Waals surface area contributed by atoms with Gasteiger partial charge in [-0.05, 0) is 86.3 Å². The minimum absolute atomic E-state index is 0.0980. The Labute approximate surface area is 309 Å². The van der Waals surface area contributed by atoms with Gasteiger partial charge >= 0.3 is 0 Å². The lowest BCUT2D eigenvalue weighted by Crippen LogP contribution is -2.17. The van der Waals surface area contributed by atoms with E-state index in [1.54, 1.807) is 0 Å². The second-order valence-corrected chi connectivity index (χ2v) is 14.4. The molecule has 11 rings (SSSR count). The number of allylic oxidation sites excluding steroid dienone is 5. The van der Waals surface area contributed by atoms with Crippen LogP contribution in [0.4, 0.5) is 17.1 Å². The summed E-state index contributed by atoms with van der Waals surface area (Å²) >= 11 is 0. The second-order valence-electron chi connectivity index (χ2n) is 14.4. The molecule has 0 radical (unpaired) electrons. The summed E-state index contributed by atoms with van der Waals surface area (Å²) in [4.78, 5) is 2.52. The molecule has 3 aliphatic rings. The zero-order valence-electron chi connectivity index (χ0n) is 29.1. The summed E-state index contributed by atoms with van der Waals surface area (Å²) < 4.78 is 6.97. The monoisotopic (exact) mass is 677 g/mol. The summed E-state index contributed by atoms with van der Waals surface area (Å²) in [5, 5.41) is 3.59. The highest BCUT2D eigenvalue weighted by Gasteiger charge is 2.36. The standard InChI is InChI=1S/C51H35NO/c1-3-14-33(15-4-1)36-20-11-21-37(28-36)43-32-45-50-47(26-13-27-49(50)53-51(45)42-24-10-9-23-41(42)43)52(46-25-12-19-35-18-7-8-22-40(35)46)48-31-38(29-39-30-44(39)48)34-16-5-2-6-17-34/h1-29,31-32,41-42H,30H2. The third-order valence-electron chi connectivity index (χ3n) is 11.3. The van der Waals surface area contributed by atoms with Crippen LogP contribution < -0.4 is 4.90 Å². The molecule has 0 spiro atoms. The van der Waals surface area contributed by atoms with E-state index in [2.05, 4.69) is 193 Å². The van der Waals surface area contributed by atoms with Gasteiger partial charge in [-0.2, -0.15) is 0 Å². The van der Waals surface area contributed by atoms with Crippen molar-refractivity contribution >= 4 is 50.5 Å². The van der Waals surface area contributed by atoms with Crippen LogP contribution in [0.15, 0.2) is 186 Å². The quantitative estimate of drug-likeness (QED) is 0.174. The Morgan fingerprint density at radius 2 is 1.17 bits per heavy atom. The SMILES string of the molecule is C1=CC2C(c3cccc(-c4ccccc4)c3)=Cc3c(oc4cccc(N(c5cc(-c6ccccc6)cc6c5C6)c5cccc6ccccc56)c34)C2C=C1. The molecule has 250 valence electrons. The van der Waals surface area contributed by atoms with Crippen molar-refractivity contribution in [2.24, 2.45) is 5.92 Å². The number of hydrogen-bond donors (Lipinski definition) is 0. The molecule has 0 saturated heterocycles. The summed E-state index contributed by atoms with van der Waals surface area (Å²) in [6.45, 7) is 0. The number of fused-ring (bicyclic) bond motifs is 7. The van der Waals surface area contributed by atoms with Gasteiger partial charge in [0.15, 0.2) is 0 Å². The van der Waals surface area contributed by atoms with E-state index in [1.165, 1.54) is 72.2 Å². The van der Waals surface area contributed by atoms with Gasteiger partial charge in [0, 0.05) is 29.2 Å². The van der Waals surface area contributed by atoms with Gasteiger partial charge in [0.1, 0.15) is 11.3 Å². The van der Waals surface area contributed by atoms with E-state index >= 15 is 0 Å². The van der Waals surface area contributed by atoms with E-state index in [9.17, 15) is 0 Å². The van der Waals surface area contributed by atoms with Gasteiger partial charge in [0.2, 0.25) is 0 Å². The first-order valence-electron chi connectivity index (χ1n) is 18.6. The smallest absolute Gasteiger partial charge is 0.137 e. The molecule has 53 heavy (non-hydrogen) atoms. The fraction of sp³-hybridized carbons (Fsp3) is 0.0588. The maximum absolute atomic E-state index is 6.97. The summed E-state index contributed by atoms with van der Waals surface area (Å²) in [5.74, 6) is 1.31.